The molecular weight excluding hydrogens is 456 g/mol. The van der Waals surface area contributed by atoms with Crippen molar-refractivity contribution in [3.63, 3.8) is 0 Å². The van der Waals surface area contributed by atoms with Crippen LogP contribution in [0, 0.1) is 6.92 Å². The molecule has 0 spiro atoms. The van der Waals surface area contributed by atoms with Crippen molar-refractivity contribution >= 4 is 28.8 Å². The van der Waals surface area contributed by atoms with E-state index in [1.165, 1.54) is 12.0 Å². The molecule has 0 radical (unpaired) electrons. The number of aryl methyl sites for hydroxylation is 1. The highest BCUT2D eigenvalue weighted by molar-refractivity contribution is 6.51. The van der Waals surface area contributed by atoms with Gasteiger partial charge in [-0.1, -0.05) is 23.8 Å². The van der Waals surface area contributed by atoms with Crippen LogP contribution in [-0.2, 0) is 9.59 Å². The number of rotatable bonds is 7. The Labute approximate surface area is 211 Å². The first-order valence-corrected chi connectivity index (χ1v) is 11.7. The second kappa shape index (κ2) is 10.2. The van der Waals surface area contributed by atoms with Crippen LogP contribution in [0.1, 0.15) is 29.7 Å². The van der Waals surface area contributed by atoms with Gasteiger partial charge in [-0.15, -0.1) is 0 Å². The van der Waals surface area contributed by atoms with Gasteiger partial charge in [-0.3, -0.25) is 14.5 Å². The summed E-state index contributed by atoms with van der Waals surface area (Å²) in [6.07, 6.45) is 0. The zero-order valence-corrected chi connectivity index (χ0v) is 21.1. The SMILES string of the molecule is CCOc1ccc(N2C(=O)C(=O)/C(=C(/O)c3cc(C)ccc3OC)C2c2ccc(N(C)C)cc2)cc1. The van der Waals surface area contributed by atoms with Crippen molar-refractivity contribution in [3.05, 3.63) is 89.0 Å². The van der Waals surface area contributed by atoms with Gasteiger partial charge in [-0.2, -0.15) is 0 Å². The second-order valence-corrected chi connectivity index (χ2v) is 8.79. The Balaban J connectivity index is 1.92. The standard InChI is InChI=1S/C29H30N2O5/c1-6-36-22-14-12-21(13-15-22)31-26(19-8-10-20(11-9-19)30(3)4)25(28(33)29(31)34)27(32)23-17-18(2)7-16-24(23)35-5/h7-17,26,32H,6H2,1-5H3/b27-25+. The molecule has 1 aliphatic rings. The quantitative estimate of drug-likeness (QED) is 0.285. The van der Waals surface area contributed by atoms with Crippen LogP contribution in [0.4, 0.5) is 11.4 Å². The first-order chi connectivity index (χ1) is 17.3. The number of Topliss-reactive ketones (excluding diaryl/α,β-unsaturated/α-hetero) is 1. The number of carbonyl (C=O) groups is 2. The largest absolute Gasteiger partial charge is 0.507 e. The van der Waals surface area contributed by atoms with Crippen molar-refractivity contribution in [1.82, 2.24) is 0 Å². The molecule has 3 aromatic rings. The predicted octanol–water partition coefficient (Wildman–Crippen LogP) is 5.09. The third-order valence-corrected chi connectivity index (χ3v) is 6.21. The van der Waals surface area contributed by atoms with Crippen LogP contribution in [-0.4, -0.2) is 44.6 Å². The molecular formula is C29H30N2O5. The van der Waals surface area contributed by atoms with Crippen LogP contribution in [0.2, 0.25) is 0 Å². The molecule has 1 heterocycles. The van der Waals surface area contributed by atoms with Crippen molar-refractivity contribution in [2.45, 2.75) is 19.9 Å². The van der Waals surface area contributed by atoms with E-state index in [-0.39, 0.29) is 11.3 Å². The number of aliphatic hydroxyl groups is 1. The summed E-state index contributed by atoms with van der Waals surface area (Å²) in [4.78, 5) is 30.2. The lowest BCUT2D eigenvalue weighted by Gasteiger charge is -2.26. The average Bonchev–Trinajstić information content (AvgIpc) is 3.14. The van der Waals surface area contributed by atoms with Crippen LogP contribution in [0.15, 0.2) is 72.3 Å². The van der Waals surface area contributed by atoms with Crippen LogP contribution in [0.3, 0.4) is 0 Å². The van der Waals surface area contributed by atoms with E-state index in [0.29, 0.717) is 34.9 Å². The van der Waals surface area contributed by atoms with E-state index in [1.807, 2.05) is 63.2 Å². The van der Waals surface area contributed by atoms with Gasteiger partial charge in [0.1, 0.15) is 17.3 Å². The molecule has 1 atom stereocenters. The predicted molar refractivity (Wildman–Crippen MR) is 141 cm³/mol. The molecule has 7 heteroatoms. The lowest BCUT2D eigenvalue weighted by atomic mass is 9.94. The molecule has 1 aliphatic heterocycles. The maximum atomic E-state index is 13.4. The number of nitrogens with zero attached hydrogens (tertiary/aromatic N) is 2. The summed E-state index contributed by atoms with van der Waals surface area (Å²) in [5.74, 6) is -0.675. The fourth-order valence-corrected chi connectivity index (χ4v) is 4.39. The van der Waals surface area contributed by atoms with Crippen LogP contribution in [0.25, 0.3) is 5.76 Å². The summed E-state index contributed by atoms with van der Waals surface area (Å²) in [6.45, 7) is 4.29. The monoisotopic (exact) mass is 486 g/mol. The Morgan fingerprint density at radius 1 is 1.00 bits per heavy atom. The van der Waals surface area contributed by atoms with Gasteiger partial charge in [0.15, 0.2) is 0 Å². The summed E-state index contributed by atoms with van der Waals surface area (Å²) >= 11 is 0. The van der Waals surface area contributed by atoms with Crippen molar-refractivity contribution in [2.75, 3.05) is 37.6 Å². The molecule has 0 aromatic heterocycles. The highest BCUT2D eigenvalue weighted by Gasteiger charge is 2.47. The van der Waals surface area contributed by atoms with E-state index < -0.39 is 17.7 Å². The molecule has 7 nitrogen and oxygen atoms in total. The van der Waals surface area contributed by atoms with E-state index in [4.69, 9.17) is 9.47 Å². The number of benzene rings is 3. The molecule has 0 saturated carbocycles. The Morgan fingerprint density at radius 2 is 1.67 bits per heavy atom. The maximum absolute atomic E-state index is 13.4. The van der Waals surface area contributed by atoms with E-state index in [2.05, 4.69) is 0 Å². The van der Waals surface area contributed by atoms with E-state index >= 15 is 0 Å². The van der Waals surface area contributed by atoms with Gasteiger partial charge in [-0.25, -0.2) is 0 Å². The zero-order chi connectivity index (χ0) is 26.0. The van der Waals surface area contributed by atoms with Gasteiger partial charge in [0, 0.05) is 25.5 Å². The number of hydrogen-bond donors (Lipinski definition) is 1. The minimum Gasteiger partial charge on any atom is -0.507 e. The molecule has 1 unspecified atom stereocenters. The van der Waals surface area contributed by atoms with Gasteiger partial charge >= 0.3 is 0 Å². The fourth-order valence-electron chi connectivity index (χ4n) is 4.39. The molecule has 1 saturated heterocycles. The maximum Gasteiger partial charge on any atom is 0.300 e. The molecule has 1 N–H and O–H groups in total. The summed E-state index contributed by atoms with van der Waals surface area (Å²) in [5.41, 5.74) is 3.44. The third kappa shape index (κ3) is 4.52. The Bertz CT molecular complexity index is 1310. The number of ether oxygens (including phenoxy) is 2. The van der Waals surface area contributed by atoms with Crippen molar-refractivity contribution < 1.29 is 24.2 Å². The van der Waals surface area contributed by atoms with Crippen molar-refractivity contribution in [3.8, 4) is 11.5 Å². The van der Waals surface area contributed by atoms with E-state index in [1.54, 1.807) is 36.4 Å². The number of aliphatic hydroxyl groups excluding tert-OH is 1. The number of hydrogen-bond acceptors (Lipinski definition) is 6. The minimum absolute atomic E-state index is 0.00962. The summed E-state index contributed by atoms with van der Waals surface area (Å²) in [6, 6.07) is 19.1. The molecule has 4 rings (SSSR count). The summed E-state index contributed by atoms with van der Waals surface area (Å²) in [5, 5.41) is 11.5. The number of anilines is 2. The normalized spacial score (nSPS) is 16.8. The zero-order valence-electron chi connectivity index (χ0n) is 21.1. The van der Waals surface area contributed by atoms with Crippen molar-refractivity contribution in [2.24, 2.45) is 0 Å². The number of methoxy groups -OCH3 is 1. The van der Waals surface area contributed by atoms with Crippen LogP contribution >= 0.6 is 0 Å². The second-order valence-electron chi connectivity index (χ2n) is 8.79. The Hall–Kier alpha value is -4.26. The van der Waals surface area contributed by atoms with Gasteiger partial charge in [-0.05, 0) is 67.9 Å². The first-order valence-electron chi connectivity index (χ1n) is 11.7. The molecule has 3 aromatic carbocycles. The van der Waals surface area contributed by atoms with Crippen molar-refractivity contribution in [1.29, 1.82) is 0 Å². The lowest BCUT2D eigenvalue weighted by Crippen LogP contribution is -2.29. The van der Waals surface area contributed by atoms with Gasteiger partial charge in [0.25, 0.3) is 11.7 Å². The lowest BCUT2D eigenvalue weighted by molar-refractivity contribution is -0.132. The highest BCUT2D eigenvalue weighted by Crippen LogP contribution is 2.44. The minimum atomic E-state index is -0.829. The third-order valence-electron chi connectivity index (χ3n) is 6.21. The fraction of sp³-hybridized carbons (Fsp3) is 0.241. The Morgan fingerprint density at radius 3 is 2.25 bits per heavy atom. The number of carbonyl (C=O) groups excluding carboxylic acids is 2. The van der Waals surface area contributed by atoms with Crippen LogP contribution in [0.5, 0.6) is 11.5 Å². The van der Waals surface area contributed by atoms with E-state index in [9.17, 15) is 14.7 Å². The summed E-state index contributed by atoms with van der Waals surface area (Å²) in [7, 11) is 5.37. The molecule has 1 fully saturated rings. The smallest absolute Gasteiger partial charge is 0.300 e. The molecule has 186 valence electrons. The molecule has 0 aliphatic carbocycles. The number of ketones is 1. The molecule has 1 amide bonds. The highest BCUT2D eigenvalue weighted by atomic mass is 16.5. The van der Waals surface area contributed by atoms with Gasteiger partial charge in [0.05, 0.1) is 30.9 Å². The average molecular weight is 487 g/mol. The van der Waals surface area contributed by atoms with Crippen LogP contribution < -0.4 is 19.3 Å². The van der Waals surface area contributed by atoms with Gasteiger partial charge < -0.3 is 19.5 Å². The topological polar surface area (TPSA) is 79.3 Å². The van der Waals surface area contributed by atoms with E-state index in [0.717, 1.165) is 11.3 Å². The molecule has 36 heavy (non-hydrogen) atoms. The first kappa shape index (κ1) is 24.9. The van der Waals surface area contributed by atoms with Gasteiger partial charge in [0.2, 0.25) is 0 Å². The molecule has 0 bridgehead atoms. The Kier molecular flexibility index (Phi) is 7.01. The summed E-state index contributed by atoms with van der Waals surface area (Å²) < 4.78 is 11.0. The number of amides is 1.